The van der Waals surface area contributed by atoms with E-state index < -0.39 is 17.4 Å². The van der Waals surface area contributed by atoms with Gasteiger partial charge >= 0.3 is 6.09 Å². The smallest absolute Gasteiger partial charge is 0.410 e. The van der Waals surface area contributed by atoms with Crippen molar-refractivity contribution in [2.24, 2.45) is 7.05 Å². The lowest BCUT2D eigenvalue weighted by Gasteiger charge is -2.36. The first-order valence-corrected chi connectivity index (χ1v) is 13.8. The molecular formula is C28H38FN7O4. The third-order valence-corrected chi connectivity index (χ3v) is 7.45. The molecule has 0 unspecified atom stereocenters. The van der Waals surface area contributed by atoms with Crippen molar-refractivity contribution in [1.29, 1.82) is 0 Å². The molecule has 1 amide bonds. The molecule has 2 saturated heterocycles. The number of aryl methyl sites for hydroxylation is 1. The highest BCUT2D eigenvalue weighted by molar-refractivity contribution is 5.68. The number of likely N-dealkylation sites (tertiary alicyclic amines) is 1. The monoisotopic (exact) mass is 555 g/mol. The number of hydrogen-bond donors (Lipinski definition) is 0. The van der Waals surface area contributed by atoms with Gasteiger partial charge in [0.05, 0.1) is 18.8 Å². The topological polar surface area (TPSA) is 109 Å². The second kappa shape index (κ2) is 11.1. The molecule has 0 aliphatic carbocycles. The molecule has 0 N–H and O–H groups in total. The Morgan fingerprint density at radius 2 is 1.95 bits per heavy atom. The Balaban J connectivity index is 1.14. The van der Waals surface area contributed by atoms with Crippen molar-refractivity contribution in [3.05, 3.63) is 53.4 Å². The van der Waals surface area contributed by atoms with Crippen molar-refractivity contribution >= 4 is 6.09 Å². The maximum absolute atomic E-state index is 15.8. The molecule has 5 rings (SSSR count). The van der Waals surface area contributed by atoms with E-state index in [0.29, 0.717) is 24.7 Å². The Morgan fingerprint density at radius 1 is 1.18 bits per heavy atom. The van der Waals surface area contributed by atoms with Gasteiger partial charge in [0, 0.05) is 33.0 Å². The molecule has 2 atom stereocenters. The van der Waals surface area contributed by atoms with E-state index in [1.807, 2.05) is 63.6 Å². The summed E-state index contributed by atoms with van der Waals surface area (Å²) in [5, 5.41) is 17.1. The van der Waals surface area contributed by atoms with Crippen LogP contribution in [-0.4, -0.2) is 66.0 Å². The van der Waals surface area contributed by atoms with Gasteiger partial charge < -0.3 is 23.7 Å². The number of piperidine rings is 1. The largest absolute Gasteiger partial charge is 0.486 e. The number of rotatable bonds is 6. The van der Waals surface area contributed by atoms with Gasteiger partial charge in [0.2, 0.25) is 0 Å². The number of amides is 1. The molecule has 0 spiro atoms. The summed E-state index contributed by atoms with van der Waals surface area (Å²) in [4.78, 5) is 13.9. The lowest BCUT2D eigenvalue weighted by Crippen LogP contribution is -2.45. The fraction of sp³-hybridized carbons (Fsp3) is 0.607. The minimum Gasteiger partial charge on any atom is -0.486 e. The van der Waals surface area contributed by atoms with Crippen LogP contribution in [0.25, 0.3) is 0 Å². The summed E-state index contributed by atoms with van der Waals surface area (Å²) in [6.45, 7) is 8.72. The summed E-state index contributed by atoms with van der Waals surface area (Å²) in [6, 6.07) is 7.82. The number of carbonyl (C=O) groups excluding carboxylic acids is 1. The summed E-state index contributed by atoms with van der Waals surface area (Å²) in [5.74, 6) is 2.26. The van der Waals surface area contributed by atoms with E-state index in [1.165, 1.54) is 0 Å². The van der Waals surface area contributed by atoms with Crippen LogP contribution < -0.4 is 4.74 Å². The number of alkyl halides is 1. The molecule has 3 aromatic rings. The van der Waals surface area contributed by atoms with Gasteiger partial charge in [-0.25, -0.2) is 13.9 Å². The predicted octanol–water partition coefficient (Wildman–Crippen LogP) is 4.58. The highest BCUT2D eigenvalue weighted by Crippen LogP contribution is 2.37. The molecule has 12 heteroatoms. The van der Waals surface area contributed by atoms with Crippen LogP contribution in [0, 0.1) is 6.92 Å². The number of benzene rings is 1. The molecule has 2 aromatic heterocycles. The molecule has 2 fully saturated rings. The molecule has 40 heavy (non-hydrogen) atoms. The lowest BCUT2D eigenvalue weighted by molar-refractivity contribution is -0.0226. The van der Waals surface area contributed by atoms with Gasteiger partial charge in [0.1, 0.15) is 29.8 Å². The van der Waals surface area contributed by atoms with Gasteiger partial charge in [-0.3, -0.25) is 0 Å². The standard InChI is InChI=1S/C28H38FN7O4/c1-19-7-6-8-21(15-19)38-18-24-31-32-25(34(24)5)22-10-9-20(17-39-22)36-16-23(30-33-36)28(29)11-13-35(14-12-28)26(37)40-27(2,3)4/h6-8,15-16,20,22H,9-14,17-18H2,1-5H3/t20-,22+/m1/s1. The van der Waals surface area contributed by atoms with Crippen LogP contribution >= 0.6 is 0 Å². The number of ether oxygens (including phenoxy) is 3. The summed E-state index contributed by atoms with van der Waals surface area (Å²) < 4.78 is 36.9. The fourth-order valence-corrected chi connectivity index (χ4v) is 5.07. The van der Waals surface area contributed by atoms with Crippen molar-refractivity contribution in [1.82, 2.24) is 34.7 Å². The second-order valence-electron chi connectivity index (χ2n) is 11.7. The van der Waals surface area contributed by atoms with Crippen molar-refractivity contribution in [2.45, 2.75) is 83.4 Å². The molecule has 0 saturated carbocycles. The molecule has 0 bridgehead atoms. The number of halogens is 1. The van der Waals surface area contributed by atoms with Crippen LogP contribution in [0.3, 0.4) is 0 Å². The minimum absolute atomic E-state index is 0.0553. The zero-order valence-electron chi connectivity index (χ0n) is 23.8. The van der Waals surface area contributed by atoms with E-state index >= 15 is 4.39 Å². The lowest BCUT2D eigenvalue weighted by atomic mass is 9.90. The van der Waals surface area contributed by atoms with E-state index in [-0.39, 0.29) is 38.1 Å². The minimum atomic E-state index is -1.63. The zero-order valence-corrected chi connectivity index (χ0v) is 23.8. The summed E-state index contributed by atoms with van der Waals surface area (Å²) in [6.07, 6.45) is 2.86. The number of hydrogen-bond acceptors (Lipinski definition) is 8. The van der Waals surface area contributed by atoms with Crippen molar-refractivity contribution in [3.63, 3.8) is 0 Å². The maximum Gasteiger partial charge on any atom is 0.410 e. The van der Waals surface area contributed by atoms with Crippen LogP contribution in [0.2, 0.25) is 0 Å². The zero-order chi connectivity index (χ0) is 28.5. The van der Waals surface area contributed by atoms with Crippen LogP contribution in [0.4, 0.5) is 9.18 Å². The molecule has 2 aliphatic heterocycles. The van der Waals surface area contributed by atoms with Gasteiger partial charge in [-0.1, -0.05) is 17.3 Å². The first-order valence-electron chi connectivity index (χ1n) is 13.8. The quantitative estimate of drug-likeness (QED) is 0.435. The first-order chi connectivity index (χ1) is 19.0. The number of nitrogens with zero attached hydrogens (tertiary/aromatic N) is 7. The van der Waals surface area contributed by atoms with Crippen LogP contribution in [0.5, 0.6) is 5.75 Å². The van der Waals surface area contributed by atoms with E-state index in [0.717, 1.165) is 30.0 Å². The fourth-order valence-electron chi connectivity index (χ4n) is 5.07. The Bertz CT molecular complexity index is 1320. The predicted molar refractivity (Wildman–Crippen MR) is 143 cm³/mol. The maximum atomic E-state index is 15.8. The Morgan fingerprint density at radius 3 is 2.62 bits per heavy atom. The molecular weight excluding hydrogens is 517 g/mol. The van der Waals surface area contributed by atoms with E-state index in [2.05, 4.69) is 20.5 Å². The van der Waals surface area contributed by atoms with Gasteiger partial charge in [-0.05, 0) is 58.2 Å². The van der Waals surface area contributed by atoms with E-state index in [4.69, 9.17) is 14.2 Å². The SMILES string of the molecule is Cc1cccc(OCc2nnc([C@@H]3CC[C@@H](n4cc(C5(F)CCN(C(=O)OC(C)(C)C)CC5)nn4)CO3)n2C)c1. The van der Waals surface area contributed by atoms with Gasteiger partial charge in [-0.2, -0.15) is 0 Å². The highest BCUT2D eigenvalue weighted by Gasteiger charge is 2.41. The summed E-state index contributed by atoms with van der Waals surface area (Å²) in [5.41, 5.74) is -0.795. The average molecular weight is 556 g/mol. The normalized spacial score (nSPS) is 21.3. The third kappa shape index (κ3) is 6.27. The molecule has 0 radical (unpaired) electrons. The third-order valence-electron chi connectivity index (χ3n) is 7.45. The second-order valence-corrected chi connectivity index (χ2v) is 11.7. The molecule has 11 nitrogen and oxygen atoms in total. The Hall–Kier alpha value is -3.54. The van der Waals surface area contributed by atoms with Crippen molar-refractivity contribution < 1.29 is 23.4 Å². The van der Waals surface area contributed by atoms with Crippen molar-refractivity contribution in [3.8, 4) is 5.75 Å². The molecule has 1 aromatic carbocycles. The molecule has 216 valence electrons. The Labute approximate surface area is 233 Å². The van der Waals surface area contributed by atoms with Gasteiger partial charge in [0.15, 0.2) is 17.3 Å². The first kappa shape index (κ1) is 28.0. The van der Waals surface area contributed by atoms with Crippen molar-refractivity contribution in [2.75, 3.05) is 19.7 Å². The molecule has 4 heterocycles. The highest BCUT2D eigenvalue weighted by atomic mass is 19.1. The van der Waals surface area contributed by atoms with Gasteiger partial charge in [-0.15, -0.1) is 15.3 Å². The van der Waals surface area contributed by atoms with Crippen LogP contribution in [0.15, 0.2) is 30.5 Å². The average Bonchev–Trinajstić information content (AvgIpc) is 3.55. The molecule has 2 aliphatic rings. The number of carbonyl (C=O) groups is 1. The van der Waals surface area contributed by atoms with Crippen LogP contribution in [0.1, 0.15) is 81.5 Å². The summed E-state index contributed by atoms with van der Waals surface area (Å²) in [7, 11) is 1.91. The van der Waals surface area contributed by atoms with Gasteiger partial charge in [0.25, 0.3) is 0 Å². The van der Waals surface area contributed by atoms with E-state index in [9.17, 15) is 4.79 Å². The van der Waals surface area contributed by atoms with E-state index in [1.54, 1.807) is 15.8 Å². The number of aromatic nitrogens is 6. The Kier molecular flexibility index (Phi) is 7.80. The summed E-state index contributed by atoms with van der Waals surface area (Å²) >= 11 is 0. The van der Waals surface area contributed by atoms with Crippen LogP contribution in [-0.2, 0) is 28.8 Å².